The average Bonchev–Trinajstić information content (AvgIpc) is 2.54. The highest BCUT2D eigenvalue weighted by Crippen LogP contribution is 2.29. The van der Waals surface area contributed by atoms with Crippen LogP contribution in [-0.2, 0) is 6.42 Å². The Hall–Kier alpha value is -1.38. The molecule has 0 unspecified atom stereocenters. The van der Waals surface area contributed by atoms with Crippen molar-refractivity contribution in [1.29, 1.82) is 0 Å². The predicted octanol–water partition coefficient (Wildman–Crippen LogP) is 3.52. The molecule has 2 rings (SSSR count). The van der Waals surface area contributed by atoms with Gasteiger partial charge >= 0.3 is 0 Å². The lowest BCUT2D eigenvalue weighted by Crippen LogP contribution is -2.03. The molecule has 1 aromatic carbocycles. The fraction of sp³-hybridized carbons (Fsp3) is 0.500. The largest absolute Gasteiger partial charge is 0.490 e. The van der Waals surface area contributed by atoms with Crippen LogP contribution < -0.4 is 4.74 Å². The van der Waals surface area contributed by atoms with E-state index >= 15 is 0 Å². The lowest BCUT2D eigenvalue weighted by atomic mass is 10.0. The Morgan fingerprint density at radius 3 is 3.00 bits per heavy atom. The highest BCUT2D eigenvalue weighted by atomic mass is 19.1. The first-order valence-electron chi connectivity index (χ1n) is 6.20. The molecule has 0 bridgehead atoms. The van der Waals surface area contributed by atoms with Crippen LogP contribution in [0.15, 0.2) is 12.1 Å². The summed E-state index contributed by atoms with van der Waals surface area (Å²) in [6.07, 6.45) is 3.97. The van der Waals surface area contributed by atoms with Gasteiger partial charge in [0.05, 0.1) is 6.61 Å². The van der Waals surface area contributed by atoms with Crippen LogP contribution in [0.5, 0.6) is 5.75 Å². The fourth-order valence-electron chi connectivity index (χ4n) is 2.12. The highest BCUT2D eigenvalue weighted by molar-refractivity contribution is 5.96. The summed E-state index contributed by atoms with van der Waals surface area (Å²) in [5.74, 6) is -0.0437. The summed E-state index contributed by atoms with van der Waals surface area (Å²) in [5, 5.41) is 0. The van der Waals surface area contributed by atoms with Crippen molar-refractivity contribution in [1.82, 2.24) is 0 Å². The Balaban J connectivity index is 2.35. The zero-order valence-corrected chi connectivity index (χ0v) is 10.1. The Bertz CT molecular complexity index is 426. The van der Waals surface area contributed by atoms with Crippen LogP contribution in [0, 0.1) is 5.82 Å². The third-order valence-corrected chi connectivity index (χ3v) is 3.01. The molecule has 0 radical (unpaired) electrons. The number of ether oxygens (including phenoxy) is 1. The van der Waals surface area contributed by atoms with Crippen molar-refractivity contribution in [3.05, 3.63) is 29.1 Å². The molecule has 92 valence electrons. The predicted molar refractivity (Wildman–Crippen MR) is 64.1 cm³/mol. The van der Waals surface area contributed by atoms with Crippen molar-refractivity contribution in [2.45, 2.75) is 39.0 Å². The van der Waals surface area contributed by atoms with E-state index in [4.69, 9.17) is 4.74 Å². The molecule has 0 amide bonds. The van der Waals surface area contributed by atoms with Gasteiger partial charge in [-0.05, 0) is 43.4 Å². The van der Waals surface area contributed by atoms with E-state index in [9.17, 15) is 9.18 Å². The SMILES string of the molecule is CCCC(=O)c1cc(F)c2c(c1)CCCCO2. The van der Waals surface area contributed by atoms with Gasteiger partial charge < -0.3 is 4.74 Å². The van der Waals surface area contributed by atoms with E-state index in [1.165, 1.54) is 6.07 Å². The quantitative estimate of drug-likeness (QED) is 0.750. The normalized spacial score (nSPS) is 14.7. The summed E-state index contributed by atoms with van der Waals surface area (Å²) in [5.41, 5.74) is 1.32. The van der Waals surface area contributed by atoms with E-state index < -0.39 is 5.82 Å². The van der Waals surface area contributed by atoms with Gasteiger partial charge in [-0.2, -0.15) is 0 Å². The van der Waals surface area contributed by atoms with Crippen LogP contribution in [-0.4, -0.2) is 12.4 Å². The number of hydrogen-bond acceptors (Lipinski definition) is 2. The van der Waals surface area contributed by atoms with Crippen LogP contribution in [0.1, 0.15) is 48.5 Å². The van der Waals surface area contributed by atoms with Crippen molar-refractivity contribution in [2.75, 3.05) is 6.61 Å². The Morgan fingerprint density at radius 2 is 2.24 bits per heavy atom. The second-order valence-corrected chi connectivity index (χ2v) is 4.43. The monoisotopic (exact) mass is 236 g/mol. The first kappa shape index (κ1) is 12.1. The standard InChI is InChI=1S/C14H17FO2/c1-2-5-13(16)11-8-10-6-3-4-7-17-14(10)12(15)9-11/h8-9H,2-7H2,1H3. The molecule has 2 nitrogen and oxygen atoms in total. The van der Waals surface area contributed by atoms with Gasteiger partial charge in [0.25, 0.3) is 0 Å². The van der Waals surface area contributed by atoms with E-state index in [1.54, 1.807) is 6.07 Å². The van der Waals surface area contributed by atoms with Crippen molar-refractivity contribution < 1.29 is 13.9 Å². The minimum atomic E-state index is -0.399. The lowest BCUT2D eigenvalue weighted by Gasteiger charge is -2.10. The molecular weight excluding hydrogens is 219 g/mol. The molecule has 0 fully saturated rings. The molecule has 1 heterocycles. The molecule has 1 aliphatic heterocycles. The van der Waals surface area contributed by atoms with Gasteiger partial charge in [-0.15, -0.1) is 0 Å². The maximum absolute atomic E-state index is 13.8. The number of halogens is 1. The zero-order valence-electron chi connectivity index (χ0n) is 10.1. The highest BCUT2D eigenvalue weighted by Gasteiger charge is 2.17. The van der Waals surface area contributed by atoms with E-state index in [1.807, 2.05) is 6.92 Å². The summed E-state index contributed by atoms with van der Waals surface area (Å²) < 4.78 is 19.2. The fourth-order valence-corrected chi connectivity index (χ4v) is 2.12. The molecule has 0 N–H and O–H groups in total. The van der Waals surface area contributed by atoms with E-state index in [2.05, 4.69) is 0 Å². The van der Waals surface area contributed by atoms with E-state index in [0.717, 1.165) is 31.2 Å². The van der Waals surface area contributed by atoms with E-state index in [0.29, 0.717) is 24.3 Å². The average molecular weight is 236 g/mol. The number of carbonyl (C=O) groups excluding carboxylic acids is 1. The maximum atomic E-state index is 13.8. The van der Waals surface area contributed by atoms with Crippen LogP contribution in [0.2, 0.25) is 0 Å². The van der Waals surface area contributed by atoms with E-state index in [-0.39, 0.29) is 5.78 Å². The summed E-state index contributed by atoms with van der Waals surface area (Å²) in [6.45, 7) is 2.51. The minimum absolute atomic E-state index is 0.0125. The molecule has 0 saturated heterocycles. The number of fused-ring (bicyclic) bond motifs is 1. The second kappa shape index (κ2) is 5.30. The van der Waals surface area contributed by atoms with Gasteiger partial charge in [0, 0.05) is 12.0 Å². The molecule has 0 aliphatic carbocycles. The van der Waals surface area contributed by atoms with Crippen molar-refractivity contribution in [3.8, 4) is 5.75 Å². The molecule has 1 aromatic rings. The topological polar surface area (TPSA) is 26.3 Å². The maximum Gasteiger partial charge on any atom is 0.166 e. The Morgan fingerprint density at radius 1 is 1.41 bits per heavy atom. The van der Waals surface area contributed by atoms with Crippen molar-refractivity contribution in [3.63, 3.8) is 0 Å². The zero-order chi connectivity index (χ0) is 12.3. The first-order valence-corrected chi connectivity index (χ1v) is 6.20. The second-order valence-electron chi connectivity index (χ2n) is 4.43. The van der Waals surface area contributed by atoms with Crippen LogP contribution in [0.3, 0.4) is 0 Å². The van der Waals surface area contributed by atoms with Crippen LogP contribution in [0.25, 0.3) is 0 Å². The number of aryl methyl sites for hydroxylation is 1. The molecule has 0 atom stereocenters. The lowest BCUT2D eigenvalue weighted by molar-refractivity contribution is 0.0981. The number of Topliss-reactive ketones (excluding diaryl/α,β-unsaturated/α-hetero) is 1. The summed E-state index contributed by atoms with van der Waals surface area (Å²) >= 11 is 0. The number of rotatable bonds is 3. The first-order chi connectivity index (χ1) is 8.22. The molecule has 0 spiro atoms. The van der Waals surface area contributed by atoms with Gasteiger partial charge in [-0.25, -0.2) is 4.39 Å². The summed E-state index contributed by atoms with van der Waals surface area (Å²) in [4.78, 5) is 11.8. The van der Waals surface area contributed by atoms with Crippen LogP contribution in [0.4, 0.5) is 4.39 Å². The molecule has 17 heavy (non-hydrogen) atoms. The van der Waals surface area contributed by atoms with Gasteiger partial charge in [-0.3, -0.25) is 4.79 Å². The molecule has 0 aromatic heterocycles. The molecule has 0 saturated carbocycles. The number of carbonyl (C=O) groups is 1. The molecule has 1 aliphatic rings. The van der Waals surface area contributed by atoms with Crippen molar-refractivity contribution >= 4 is 5.78 Å². The van der Waals surface area contributed by atoms with Crippen LogP contribution >= 0.6 is 0 Å². The van der Waals surface area contributed by atoms with Gasteiger partial charge in [0.1, 0.15) is 0 Å². The third-order valence-electron chi connectivity index (χ3n) is 3.01. The number of hydrogen-bond donors (Lipinski definition) is 0. The minimum Gasteiger partial charge on any atom is -0.490 e. The Labute approximate surface area is 101 Å². The Kier molecular flexibility index (Phi) is 3.77. The summed E-state index contributed by atoms with van der Waals surface area (Å²) in [7, 11) is 0. The number of benzene rings is 1. The van der Waals surface area contributed by atoms with Crippen molar-refractivity contribution in [2.24, 2.45) is 0 Å². The smallest absolute Gasteiger partial charge is 0.166 e. The van der Waals surface area contributed by atoms with Gasteiger partial charge in [0.2, 0.25) is 0 Å². The van der Waals surface area contributed by atoms with Gasteiger partial charge in [0.15, 0.2) is 17.3 Å². The molecule has 3 heteroatoms. The third kappa shape index (κ3) is 2.65. The molecular formula is C14H17FO2. The summed E-state index contributed by atoms with van der Waals surface area (Å²) in [6, 6.07) is 3.10. The van der Waals surface area contributed by atoms with Gasteiger partial charge in [-0.1, -0.05) is 6.92 Å². The number of ketones is 1.